The average Bonchev–Trinajstić information content (AvgIpc) is 2.27. The molecule has 1 aromatic heterocycles. The molecule has 0 fully saturated rings. The molecule has 0 aliphatic heterocycles. The molecule has 1 unspecified atom stereocenters. The van der Waals surface area contributed by atoms with Gasteiger partial charge in [0.05, 0.1) is 5.69 Å². The van der Waals surface area contributed by atoms with E-state index < -0.39 is 0 Å². The third kappa shape index (κ3) is 5.52. The van der Waals surface area contributed by atoms with Crippen LogP contribution in [0, 0.1) is 6.92 Å². The molecule has 0 amide bonds. The lowest BCUT2D eigenvalue weighted by Crippen LogP contribution is -2.26. The topological polar surface area (TPSA) is 24.9 Å². The highest BCUT2D eigenvalue weighted by molar-refractivity contribution is 7.99. The van der Waals surface area contributed by atoms with Gasteiger partial charge < -0.3 is 5.32 Å². The Labute approximate surface area is 103 Å². The van der Waals surface area contributed by atoms with Crippen molar-refractivity contribution in [1.82, 2.24) is 10.3 Å². The first-order valence-corrected chi connectivity index (χ1v) is 7.11. The monoisotopic (exact) mass is 238 g/mol. The van der Waals surface area contributed by atoms with Crippen molar-refractivity contribution in [3.05, 3.63) is 29.6 Å². The maximum absolute atomic E-state index is 4.47. The molecule has 0 saturated carbocycles. The number of aromatic nitrogens is 1. The minimum atomic E-state index is 0.571. The Morgan fingerprint density at radius 1 is 1.44 bits per heavy atom. The first-order valence-electron chi connectivity index (χ1n) is 5.96. The van der Waals surface area contributed by atoms with Gasteiger partial charge in [-0.15, -0.1) is 0 Å². The summed E-state index contributed by atoms with van der Waals surface area (Å²) < 4.78 is 0. The molecule has 2 nitrogen and oxygen atoms in total. The van der Waals surface area contributed by atoms with Crippen molar-refractivity contribution in [2.45, 2.75) is 39.8 Å². The highest BCUT2D eigenvalue weighted by atomic mass is 32.2. The number of hydrogen-bond acceptors (Lipinski definition) is 3. The minimum absolute atomic E-state index is 0.571. The van der Waals surface area contributed by atoms with Crippen molar-refractivity contribution in [1.29, 1.82) is 0 Å². The molecule has 0 aromatic carbocycles. The van der Waals surface area contributed by atoms with E-state index in [0.29, 0.717) is 6.04 Å². The molecule has 1 atom stereocenters. The second kappa shape index (κ2) is 7.69. The molecule has 1 heterocycles. The fourth-order valence-electron chi connectivity index (χ4n) is 1.48. The molecule has 0 bridgehead atoms. The van der Waals surface area contributed by atoms with Crippen molar-refractivity contribution < 1.29 is 0 Å². The Kier molecular flexibility index (Phi) is 6.50. The van der Waals surface area contributed by atoms with Crippen molar-refractivity contribution >= 4 is 11.8 Å². The summed E-state index contributed by atoms with van der Waals surface area (Å²) in [5, 5.41) is 3.51. The van der Waals surface area contributed by atoms with Crippen LogP contribution in [0.4, 0.5) is 0 Å². The Morgan fingerprint density at radius 2 is 2.25 bits per heavy atom. The van der Waals surface area contributed by atoms with Crippen LogP contribution in [0.25, 0.3) is 0 Å². The number of hydrogen-bond donors (Lipinski definition) is 1. The molecule has 90 valence electrons. The Hall–Kier alpha value is -0.540. The lowest BCUT2D eigenvalue weighted by atomic mass is 10.2. The van der Waals surface area contributed by atoms with Gasteiger partial charge in [0, 0.05) is 18.3 Å². The van der Waals surface area contributed by atoms with E-state index in [-0.39, 0.29) is 0 Å². The molecular weight excluding hydrogens is 216 g/mol. The summed E-state index contributed by atoms with van der Waals surface area (Å²) in [6, 6.07) is 6.75. The smallest absolute Gasteiger partial charge is 0.0544 e. The lowest BCUT2D eigenvalue weighted by Gasteiger charge is -2.13. The van der Waals surface area contributed by atoms with E-state index in [0.717, 1.165) is 17.9 Å². The summed E-state index contributed by atoms with van der Waals surface area (Å²) in [5.41, 5.74) is 2.23. The van der Waals surface area contributed by atoms with Gasteiger partial charge >= 0.3 is 0 Å². The van der Waals surface area contributed by atoms with E-state index in [1.807, 2.05) is 24.8 Å². The van der Waals surface area contributed by atoms with Gasteiger partial charge in [0.15, 0.2) is 0 Å². The van der Waals surface area contributed by atoms with Crippen LogP contribution in [0.5, 0.6) is 0 Å². The van der Waals surface area contributed by atoms with Crippen molar-refractivity contribution in [2.75, 3.05) is 11.5 Å². The molecule has 0 radical (unpaired) electrons. The van der Waals surface area contributed by atoms with E-state index in [1.54, 1.807) is 0 Å². The van der Waals surface area contributed by atoms with Crippen LogP contribution in [0.1, 0.15) is 31.7 Å². The molecule has 0 aliphatic carbocycles. The zero-order valence-corrected chi connectivity index (χ0v) is 11.3. The average molecular weight is 238 g/mol. The van der Waals surface area contributed by atoms with Crippen LogP contribution in [-0.4, -0.2) is 22.5 Å². The van der Waals surface area contributed by atoms with Crippen LogP contribution in [0.15, 0.2) is 18.2 Å². The third-order valence-corrected chi connectivity index (χ3v) is 3.41. The highest BCUT2D eigenvalue weighted by Crippen LogP contribution is 2.04. The molecule has 0 aliphatic rings. The van der Waals surface area contributed by atoms with Crippen LogP contribution in [0.3, 0.4) is 0 Å². The summed E-state index contributed by atoms with van der Waals surface area (Å²) in [6.45, 7) is 7.36. The summed E-state index contributed by atoms with van der Waals surface area (Å²) in [5.74, 6) is 2.46. The van der Waals surface area contributed by atoms with Crippen LogP contribution in [0.2, 0.25) is 0 Å². The van der Waals surface area contributed by atoms with Gasteiger partial charge in [-0.2, -0.15) is 11.8 Å². The fourth-order valence-corrected chi connectivity index (χ4v) is 2.29. The van der Waals surface area contributed by atoms with Gasteiger partial charge in [-0.05, 0) is 43.9 Å². The van der Waals surface area contributed by atoms with Crippen LogP contribution < -0.4 is 5.32 Å². The highest BCUT2D eigenvalue weighted by Gasteiger charge is 2.01. The first kappa shape index (κ1) is 13.5. The lowest BCUT2D eigenvalue weighted by molar-refractivity contribution is 0.532. The van der Waals surface area contributed by atoms with E-state index in [1.165, 1.54) is 17.9 Å². The van der Waals surface area contributed by atoms with Crippen LogP contribution in [-0.2, 0) is 6.54 Å². The molecule has 0 spiro atoms. The van der Waals surface area contributed by atoms with E-state index in [2.05, 4.69) is 36.3 Å². The van der Waals surface area contributed by atoms with E-state index in [9.17, 15) is 0 Å². The van der Waals surface area contributed by atoms with E-state index in [4.69, 9.17) is 0 Å². The molecular formula is C13H22N2S. The Morgan fingerprint density at radius 3 is 2.94 bits per heavy atom. The molecule has 1 N–H and O–H groups in total. The standard InChI is InChI=1S/C13H22N2S/c1-4-16-9-8-11(2)14-10-13-7-5-6-12(3)15-13/h5-7,11,14H,4,8-10H2,1-3H3. The fraction of sp³-hybridized carbons (Fsp3) is 0.615. The minimum Gasteiger partial charge on any atom is -0.309 e. The van der Waals surface area contributed by atoms with Gasteiger partial charge in [0.25, 0.3) is 0 Å². The number of pyridine rings is 1. The van der Waals surface area contributed by atoms with Crippen LogP contribution >= 0.6 is 11.8 Å². The van der Waals surface area contributed by atoms with Gasteiger partial charge in [-0.3, -0.25) is 4.98 Å². The Bertz CT molecular complexity index is 302. The predicted octanol–water partition coefficient (Wildman–Crippen LogP) is 3.01. The van der Waals surface area contributed by atoms with Crippen molar-refractivity contribution in [2.24, 2.45) is 0 Å². The number of rotatable bonds is 7. The SMILES string of the molecule is CCSCCC(C)NCc1cccc(C)n1. The van der Waals surface area contributed by atoms with Gasteiger partial charge in [0.2, 0.25) is 0 Å². The number of aryl methyl sites for hydroxylation is 1. The number of nitrogens with one attached hydrogen (secondary N) is 1. The largest absolute Gasteiger partial charge is 0.309 e. The second-order valence-electron chi connectivity index (χ2n) is 4.04. The normalized spacial score (nSPS) is 12.7. The van der Waals surface area contributed by atoms with Gasteiger partial charge in [0.1, 0.15) is 0 Å². The quantitative estimate of drug-likeness (QED) is 0.739. The predicted molar refractivity (Wildman–Crippen MR) is 72.9 cm³/mol. The molecule has 3 heteroatoms. The summed E-state index contributed by atoms with van der Waals surface area (Å²) in [7, 11) is 0. The van der Waals surface area contributed by atoms with Gasteiger partial charge in [-0.1, -0.05) is 13.0 Å². The van der Waals surface area contributed by atoms with E-state index >= 15 is 0 Å². The van der Waals surface area contributed by atoms with Gasteiger partial charge in [-0.25, -0.2) is 0 Å². The summed E-state index contributed by atoms with van der Waals surface area (Å²) in [6.07, 6.45) is 1.23. The second-order valence-corrected chi connectivity index (χ2v) is 5.43. The zero-order valence-electron chi connectivity index (χ0n) is 10.5. The molecule has 0 saturated heterocycles. The zero-order chi connectivity index (χ0) is 11.8. The summed E-state index contributed by atoms with van der Waals surface area (Å²) in [4.78, 5) is 4.47. The maximum atomic E-state index is 4.47. The van der Waals surface area contributed by atoms with Crippen molar-refractivity contribution in [3.8, 4) is 0 Å². The number of thioether (sulfide) groups is 1. The molecule has 1 rings (SSSR count). The third-order valence-electron chi connectivity index (χ3n) is 2.48. The number of nitrogens with zero attached hydrogens (tertiary/aromatic N) is 1. The summed E-state index contributed by atoms with van der Waals surface area (Å²) >= 11 is 2.00. The maximum Gasteiger partial charge on any atom is 0.0544 e. The molecule has 16 heavy (non-hydrogen) atoms. The molecule has 1 aromatic rings. The first-order chi connectivity index (χ1) is 7.72. The Balaban J connectivity index is 2.23. The van der Waals surface area contributed by atoms with Crippen molar-refractivity contribution in [3.63, 3.8) is 0 Å².